The van der Waals surface area contributed by atoms with Gasteiger partial charge in [0, 0.05) is 22.3 Å². The van der Waals surface area contributed by atoms with Gasteiger partial charge in [-0.05, 0) is 105 Å². The van der Waals surface area contributed by atoms with E-state index in [4.69, 9.17) is 9.84 Å². The molecular formula is C28H26O3. The lowest BCUT2D eigenvalue weighted by Gasteiger charge is -2.31. The van der Waals surface area contributed by atoms with Gasteiger partial charge in [-0.15, -0.1) is 0 Å². The first kappa shape index (κ1) is 19.7. The van der Waals surface area contributed by atoms with Gasteiger partial charge in [0.25, 0.3) is 0 Å². The zero-order valence-electron chi connectivity index (χ0n) is 18.2. The molecule has 2 saturated carbocycles. The third-order valence-electron chi connectivity index (χ3n) is 6.77. The van der Waals surface area contributed by atoms with Crippen molar-refractivity contribution in [2.24, 2.45) is 0 Å². The number of allylic oxidation sites excluding steroid dienone is 1. The Balaban J connectivity index is 1.47. The smallest absolute Gasteiger partial charge is 0.331 e. The van der Waals surface area contributed by atoms with Crippen LogP contribution in [0.5, 0.6) is 5.75 Å². The maximum absolute atomic E-state index is 11.0. The Bertz CT molecular complexity index is 1210. The highest BCUT2D eigenvalue weighted by molar-refractivity contribution is 5.91. The molecule has 31 heavy (non-hydrogen) atoms. The van der Waals surface area contributed by atoms with E-state index in [1.165, 1.54) is 35.1 Å². The number of fused-ring (bicyclic) bond motifs is 1. The van der Waals surface area contributed by atoms with Crippen molar-refractivity contribution < 1.29 is 14.6 Å². The van der Waals surface area contributed by atoms with Gasteiger partial charge >= 0.3 is 5.97 Å². The number of aliphatic carboxylic acids is 1. The van der Waals surface area contributed by atoms with Crippen LogP contribution in [0.25, 0.3) is 11.6 Å². The van der Waals surface area contributed by atoms with Crippen LogP contribution in [0.2, 0.25) is 0 Å². The summed E-state index contributed by atoms with van der Waals surface area (Å²) in [6.07, 6.45) is 6.37. The van der Waals surface area contributed by atoms with Crippen molar-refractivity contribution in [3.63, 3.8) is 0 Å². The Morgan fingerprint density at radius 1 is 1.10 bits per heavy atom. The minimum atomic E-state index is -0.904. The number of benzene rings is 2. The Hall–Kier alpha value is -3.25. The molecule has 0 aromatic heterocycles. The largest absolute Gasteiger partial charge is 0.482 e. The Morgan fingerprint density at radius 2 is 1.77 bits per heavy atom. The van der Waals surface area contributed by atoms with Crippen LogP contribution in [-0.4, -0.2) is 16.7 Å². The van der Waals surface area contributed by atoms with Crippen LogP contribution in [0, 0.1) is 11.8 Å². The van der Waals surface area contributed by atoms with E-state index in [0.717, 1.165) is 35.3 Å². The predicted octanol–water partition coefficient (Wildman–Crippen LogP) is 6.17. The standard InChI is InChI=1S/C28H26O3/c1-17(27(29)30)14-21-7-4-20(5-8-21)6-9-22-15-24-18(2)19(3)28(12-13-28)31-26(24)25(16-22)23-10-11-23/h4-5,7-8,14-16,23H,10-13H2,1-3H3,(H,29,30). The van der Waals surface area contributed by atoms with Crippen molar-refractivity contribution in [3.8, 4) is 17.6 Å². The molecule has 0 unspecified atom stereocenters. The van der Waals surface area contributed by atoms with Crippen molar-refractivity contribution in [3.05, 3.63) is 75.4 Å². The van der Waals surface area contributed by atoms with Crippen LogP contribution in [-0.2, 0) is 4.79 Å². The summed E-state index contributed by atoms with van der Waals surface area (Å²) >= 11 is 0. The molecule has 0 atom stereocenters. The molecular weight excluding hydrogens is 384 g/mol. The van der Waals surface area contributed by atoms with E-state index in [0.29, 0.717) is 11.5 Å². The number of ether oxygens (including phenoxy) is 1. The summed E-state index contributed by atoms with van der Waals surface area (Å²) < 4.78 is 6.57. The molecule has 5 rings (SSSR count). The van der Waals surface area contributed by atoms with Gasteiger partial charge in [0.2, 0.25) is 0 Å². The summed E-state index contributed by atoms with van der Waals surface area (Å²) in [5.74, 6) is 7.41. The molecule has 3 heteroatoms. The van der Waals surface area contributed by atoms with Crippen LogP contribution in [0.15, 0.2) is 47.5 Å². The molecule has 0 radical (unpaired) electrons. The molecule has 1 N–H and O–H groups in total. The Morgan fingerprint density at radius 3 is 2.39 bits per heavy atom. The molecule has 0 bridgehead atoms. The molecule has 2 aromatic carbocycles. The van der Waals surface area contributed by atoms with E-state index in [-0.39, 0.29) is 5.60 Å². The molecule has 1 heterocycles. The second-order valence-corrected chi connectivity index (χ2v) is 9.07. The number of hydrogen-bond acceptors (Lipinski definition) is 2. The van der Waals surface area contributed by atoms with Crippen molar-refractivity contribution in [1.29, 1.82) is 0 Å². The minimum absolute atomic E-state index is 0.0386. The second kappa shape index (κ2) is 7.17. The molecule has 2 fully saturated rings. The predicted molar refractivity (Wildman–Crippen MR) is 123 cm³/mol. The number of carboxylic acid groups (broad SMARTS) is 1. The van der Waals surface area contributed by atoms with Crippen LogP contribution >= 0.6 is 0 Å². The van der Waals surface area contributed by atoms with Crippen molar-refractivity contribution >= 4 is 17.6 Å². The lowest BCUT2D eigenvalue weighted by atomic mass is 9.89. The molecule has 156 valence electrons. The van der Waals surface area contributed by atoms with Crippen LogP contribution < -0.4 is 4.74 Å². The fourth-order valence-electron chi connectivity index (χ4n) is 4.34. The van der Waals surface area contributed by atoms with Gasteiger partial charge < -0.3 is 9.84 Å². The topological polar surface area (TPSA) is 46.5 Å². The number of hydrogen-bond donors (Lipinski definition) is 1. The van der Waals surface area contributed by atoms with E-state index >= 15 is 0 Å². The van der Waals surface area contributed by atoms with Gasteiger partial charge in [-0.1, -0.05) is 24.0 Å². The van der Waals surface area contributed by atoms with Gasteiger partial charge in [0.05, 0.1) is 0 Å². The Kier molecular flexibility index (Phi) is 4.55. The van der Waals surface area contributed by atoms with E-state index in [9.17, 15) is 4.79 Å². The van der Waals surface area contributed by atoms with Crippen LogP contribution in [0.1, 0.15) is 80.2 Å². The molecule has 0 saturated heterocycles. The van der Waals surface area contributed by atoms with E-state index in [2.05, 4.69) is 37.8 Å². The maximum atomic E-state index is 11.0. The minimum Gasteiger partial charge on any atom is -0.482 e. The zero-order valence-corrected chi connectivity index (χ0v) is 18.2. The van der Waals surface area contributed by atoms with Crippen molar-refractivity contribution in [1.82, 2.24) is 0 Å². The first-order chi connectivity index (χ1) is 14.9. The van der Waals surface area contributed by atoms with Crippen molar-refractivity contribution in [2.75, 3.05) is 0 Å². The van der Waals surface area contributed by atoms with Gasteiger partial charge in [0.15, 0.2) is 0 Å². The summed E-state index contributed by atoms with van der Waals surface area (Å²) in [4.78, 5) is 11.0. The average Bonchev–Trinajstić information content (AvgIpc) is 3.67. The summed E-state index contributed by atoms with van der Waals surface area (Å²) in [5.41, 5.74) is 8.30. The van der Waals surface area contributed by atoms with Crippen LogP contribution in [0.4, 0.5) is 0 Å². The lowest BCUT2D eigenvalue weighted by Crippen LogP contribution is -2.25. The lowest BCUT2D eigenvalue weighted by molar-refractivity contribution is -0.132. The summed E-state index contributed by atoms with van der Waals surface area (Å²) in [6.45, 7) is 6.02. The van der Waals surface area contributed by atoms with E-state index in [1.807, 2.05) is 24.3 Å². The number of rotatable bonds is 3. The third-order valence-corrected chi connectivity index (χ3v) is 6.77. The fraction of sp³-hybridized carbons (Fsp3) is 0.321. The van der Waals surface area contributed by atoms with Gasteiger partial charge in [-0.2, -0.15) is 0 Å². The Labute approximate surface area is 183 Å². The van der Waals surface area contributed by atoms with E-state index < -0.39 is 5.97 Å². The molecule has 3 nitrogen and oxygen atoms in total. The average molecular weight is 411 g/mol. The maximum Gasteiger partial charge on any atom is 0.331 e. The highest BCUT2D eigenvalue weighted by Gasteiger charge is 2.51. The zero-order chi connectivity index (χ0) is 21.8. The van der Waals surface area contributed by atoms with Crippen LogP contribution in [0.3, 0.4) is 0 Å². The summed E-state index contributed by atoms with van der Waals surface area (Å²) in [7, 11) is 0. The fourth-order valence-corrected chi connectivity index (χ4v) is 4.34. The molecule has 2 aliphatic carbocycles. The SMILES string of the molecule is CC(=Cc1ccc(C#Cc2cc3c(c(C4CC4)c2)OC2(CC2)C(C)=C3C)cc1)C(=O)O. The first-order valence-corrected chi connectivity index (χ1v) is 11.0. The molecule has 2 aromatic rings. The van der Waals surface area contributed by atoms with Crippen molar-refractivity contribution in [2.45, 2.75) is 58.0 Å². The highest BCUT2D eigenvalue weighted by Crippen LogP contribution is 2.56. The molecule has 3 aliphatic rings. The summed E-state index contributed by atoms with van der Waals surface area (Å²) in [6, 6.07) is 12.1. The monoisotopic (exact) mass is 410 g/mol. The highest BCUT2D eigenvalue weighted by atomic mass is 16.5. The third kappa shape index (κ3) is 3.68. The molecule has 1 spiro atoms. The number of carboxylic acids is 1. The summed E-state index contributed by atoms with van der Waals surface area (Å²) in [5, 5.41) is 9.02. The van der Waals surface area contributed by atoms with Gasteiger partial charge in [0.1, 0.15) is 11.4 Å². The van der Waals surface area contributed by atoms with Gasteiger partial charge in [-0.25, -0.2) is 4.79 Å². The number of carbonyl (C=O) groups is 1. The normalized spacial score (nSPS) is 18.7. The second-order valence-electron chi connectivity index (χ2n) is 9.07. The van der Waals surface area contributed by atoms with E-state index in [1.54, 1.807) is 13.0 Å². The molecule has 1 aliphatic heterocycles. The quantitative estimate of drug-likeness (QED) is 0.486. The first-order valence-electron chi connectivity index (χ1n) is 11.0. The van der Waals surface area contributed by atoms with Gasteiger partial charge in [-0.3, -0.25) is 0 Å². The molecule has 0 amide bonds.